The minimum atomic E-state index is -0.252. The zero-order valence-electron chi connectivity index (χ0n) is 10.8. The molecule has 1 atom stereocenters. The lowest BCUT2D eigenvalue weighted by Gasteiger charge is -2.15. The van der Waals surface area contributed by atoms with Crippen LogP contribution in [0.1, 0.15) is 20.1 Å². The van der Waals surface area contributed by atoms with Crippen LogP contribution < -0.4 is 5.32 Å². The molecule has 1 aromatic carbocycles. The predicted molar refractivity (Wildman–Crippen MR) is 77.5 cm³/mol. The number of nitrogens with one attached hydrogen (secondary N) is 1. The average Bonchev–Trinajstić information content (AvgIpc) is 2.86. The quantitative estimate of drug-likeness (QED) is 0.880. The fourth-order valence-corrected chi connectivity index (χ4v) is 2.64. The Labute approximate surface area is 116 Å². The van der Waals surface area contributed by atoms with Gasteiger partial charge in [-0.15, -0.1) is 11.3 Å². The van der Waals surface area contributed by atoms with Crippen molar-refractivity contribution < 1.29 is 9.90 Å². The van der Waals surface area contributed by atoms with Gasteiger partial charge < -0.3 is 10.4 Å². The Kier molecular flexibility index (Phi) is 4.71. The summed E-state index contributed by atoms with van der Waals surface area (Å²) in [5.74, 6) is -0.118. The van der Waals surface area contributed by atoms with Crippen LogP contribution in [-0.2, 0) is 6.42 Å². The van der Waals surface area contributed by atoms with E-state index < -0.39 is 0 Å². The van der Waals surface area contributed by atoms with Gasteiger partial charge in [0.1, 0.15) is 0 Å². The molecule has 4 heteroatoms. The third-order valence-corrected chi connectivity index (χ3v) is 3.84. The van der Waals surface area contributed by atoms with E-state index in [1.165, 1.54) is 11.3 Å². The van der Waals surface area contributed by atoms with Gasteiger partial charge in [-0.1, -0.05) is 30.3 Å². The van der Waals surface area contributed by atoms with Crippen LogP contribution >= 0.6 is 11.3 Å². The summed E-state index contributed by atoms with van der Waals surface area (Å²) in [6.45, 7) is 1.90. The molecule has 0 saturated carbocycles. The molecule has 100 valence electrons. The van der Waals surface area contributed by atoms with Crippen molar-refractivity contribution in [3.8, 4) is 0 Å². The Morgan fingerprint density at radius 3 is 2.58 bits per heavy atom. The molecule has 0 aliphatic carbocycles. The average molecular weight is 275 g/mol. The fraction of sp³-hybridized carbons (Fsp3) is 0.267. The molecule has 3 nitrogen and oxygen atoms in total. The van der Waals surface area contributed by atoms with E-state index in [4.69, 9.17) is 0 Å². The van der Waals surface area contributed by atoms with Crippen molar-refractivity contribution in [1.82, 2.24) is 5.32 Å². The van der Waals surface area contributed by atoms with E-state index in [9.17, 15) is 9.90 Å². The Bertz CT molecular complexity index is 536. The molecule has 0 unspecified atom stereocenters. The van der Waals surface area contributed by atoms with Crippen LogP contribution in [0.2, 0.25) is 0 Å². The monoisotopic (exact) mass is 275 g/mol. The number of hydrogen-bond donors (Lipinski definition) is 2. The van der Waals surface area contributed by atoms with Gasteiger partial charge in [-0.05, 0) is 31.0 Å². The molecule has 0 bridgehead atoms. The first-order valence-corrected chi connectivity index (χ1v) is 7.03. The van der Waals surface area contributed by atoms with Crippen molar-refractivity contribution in [2.45, 2.75) is 19.4 Å². The summed E-state index contributed by atoms with van der Waals surface area (Å²) in [5.41, 5.74) is 1.10. The molecule has 1 heterocycles. The maximum absolute atomic E-state index is 12.0. The van der Waals surface area contributed by atoms with E-state index >= 15 is 0 Å². The van der Waals surface area contributed by atoms with E-state index in [2.05, 4.69) is 5.32 Å². The molecular formula is C15H17NO2S. The van der Waals surface area contributed by atoms with Gasteiger partial charge in [0.25, 0.3) is 5.91 Å². The summed E-state index contributed by atoms with van der Waals surface area (Å²) in [5, 5.41) is 12.2. The molecule has 0 spiro atoms. The lowest BCUT2D eigenvalue weighted by molar-refractivity contribution is 0.0920. The Morgan fingerprint density at radius 1 is 1.26 bits per heavy atom. The highest BCUT2D eigenvalue weighted by Gasteiger charge is 2.14. The first-order valence-electron chi connectivity index (χ1n) is 6.21. The summed E-state index contributed by atoms with van der Waals surface area (Å²) in [4.78, 5) is 13.8. The van der Waals surface area contributed by atoms with Gasteiger partial charge in [0.05, 0.1) is 17.5 Å². The number of thiophene rings is 1. The molecule has 0 aliphatic rings. The zero-order chi connectivity index (χ0) is 13.7. The molecule has 2 N–H and O–H groups in total. The maximum atomic E-state index is 12.0. The topological polar surface area (TPSA) is 49.3 Å². The van der Waals surface area contributed by atoms with Crippen molar-refractivity contribution in [3.63, 3.8) is 0 Å². The van der Waals surface area contributed by atoms with Gasteiger partial charge in [-0.2, -0.15) is 0 Å². The van der Waals surface area contributed by atoms with Gasteiger partial charge in [0, 0.05) is 4.88 Å². The molecule has 2 aromatic rings. The van der Waals surface area contributed by atoms with E-state index in [1.807, 2.05) is 49.4 Å². The summed E-state index contributed by atoms with van der Waals surface area (Å²) in [6.07, 6.45) is 0.632. The molecule has 0 aliphatic heterocycles. The van der Waals surface area contributed by atoms with Crippen molar-refractivity contribution in [3.05, 3.63) is 57.8 Å². The second-order valence-corrected chi connectivity index (χ2v) is 5.74. The van der Waals surface area contributed by atoms with E-state index in [1.54, 1.807) is 0 Å². The molecular weight excluding hydrogens is 258 g/mol. The lowest BCUT2D eigenvalue weighted by atomic mass is 10.1. The minimum Gasteiger partial charge on any atom is -0.394 e. The number of carbonyl (C=O) groups excluding carboxylic acids is 1. The second-order valence-electron chi connectivity index (χ2n) is 4.45. The second kappa shape index (κ2) is 6.50. The van der Waals surface area contributed by atoms with Crippen molar-refractivity contribution >= 4 is 17.2 Å². The van der Waals surface area contributed by atoms with Crippen LogP contribution in [0, 0.1) is 6.92 Å². The van der Waals surface area contributed by atoms with Crippen LogP contribution in [0.5, 0.6) is 0 Å². The smallest absolute Gasteiger partial charge is 0.261 e. The first kappa shape index (κ1) is 13.8. The maximum Gasteiger partial charge on any atom is 0.261 e. The summed E-state index contributed by atoms with van der Waals surface area (Å²) in [7, 11) is 0. The van der Waals surface area contributed by atoms with Crippen LogP contribution in [0.15, 0.2) is 42.5 Å². The van der Waals surface area contributed by atoms with E-state index in [0.717, 1.165) is 10.4 Å². The van der Waals surface area contributed by atoms with Gasteiger partial charge in [0.15, 0.2) is 0 Å². The third-order valence-electron chi connectivity index (χ3n) is 2.84. The molecule has 0 fully saturated rings. The number of carbonyl (C=O) groups is 1. The zero-order valence-corrected chi connectivity index (χ0v) is 11.6. The van der Waals surface area contributed by atoms with E-state index in [0.29, 0.717) is 11.3 Å². The number of hydrogen-bond acceptors (Lipinski definition) is 3. The Balaban J connectivity index is 1.97. The summed E-state index contributed by atoms with van der Waals surface area (Å²) < 4.78 is 0. The van der Waals surface area contributed by atoms with Crippen LogP contribution in [0.3, 0.4) is 0 Å². The molecule has 1 amide bonds. The number of aliphatic hydroxyl groups is 1. The molecule has 0 saturated heterocycles. The van der Waals surface area contributed by atoms with E-state index in [-0.39, 0.29) is 18.6 Å². The number of rotatable bonds is 5. The summed E-state index contributed by atoms with van der Waals surface area (Å²) in [6, 6.07) is 13.3. The van der Waals surface area contributed by atoms with Gasteiger partial charge >= 0.3 is 0 Å². The molecule has 0 radical (unpaired) electrons. The lowest BCUT2D eigenvalue weighted by Crippen LogP contribution is -2.38. The molecule has 1 aromatic heterocycles. The van der Waals surface area contributed by atoms with Crippen LogP contribution in [0.25, 0.3) is 0 Å². The van der Waals surface area contributed by atoms with Crippen LogP contribution in [0.4, 0.5) is 0 Å². The number of aryl methyl sites for hydroxylation is 1. The van der Waals surface area contributed by atoms with Crippen molar-refractivity contribution in [2.24, 2.45) is 0 Å². The van der Waals surface area contributed by atoms with Crippen molar-refractivity contribution in [2.75, 3.05) is 6.61 Å². The minimum absolute atomic E-state index is 0.0645. The third kappa shape index (κ3) is 3.91. The highest BCUT2D eigenvalue weighted by atomic mass is 32.1. The predicted octanol–water partition coefficient (Wildman–Crippen LogP) is 2.39. The van der Waals surface area contributed by atoms with Crippen LogP contribution in [-0.4, -0.2) is 23.7 Å². The largest absolute Gasteiger partial charge is 0.394 e. The standard InChI is InChI=1S/C15H17NO2S/c1-11-7-8-14(19-11)15(18)16-13(10-17)9-12-5-3-2-4-6-12/h2-8,13,17H,9-10H2,1H3,(H,16,18)/t13-/m1/s1. The Hall–Kier alpha value is -1.65. The Morgan fingerprint density at radius 2 is 2.00 bits per heavy atom. The fourth-order valence-electron chi connectivity index (χ4n) is 1.87. The van der Waals surface area contributed by atoms with Crippen molar-refractivity contribution in [1.29, 1.82) is 0 Å². The first-order chi connectivity index (χ1) is 9.19. The number of aliphatic hydroxyl groups excluding tert-OH is 1. The van der Waals surface area contributed by atoms with Gasteiger partial charge in [0.2, 0.25) is 0 Å². The SMILES string of the molecule is Cc1ccc(C(=O)N[C@@H](CO)Cc2ccccc2)s1. The normalized spacial score (nSPS) is 12.1. The van der Waals surface area contributed by atoms with Gasteiger partial charge in [-0.3, -0.25) is 4.79 Å². The highest BCUT2D eigenvalue weighted by Crippen LogP contribution is 2.15. The number of benzene rings is 1. The summed E-state index contributed by atoms with van der Waals surface area (Å²) >= 11 is 1.46. The highest BCUT2D eigenvalue weighted by molar-refractivity contribution is 7.13. The molecule has 2 rings (SSSR count). The number of amides is 1. The van der Waals surface area contributed by atoms with Gasteiger partial charge in [-0.25, -0.2) is 0 Å². The molecule has 19 heavy (non-hydrogen) atoms.